The number of para-hydroxylation sites is 2. The monoisotopic (exact) mass is 531 g/mol. The van der Waals surface area contributed by atoms with Gasteiger partial charge < -0.3 is 4.90 Å². The van der Waals surface area contributed by atoms with Crippen molar-refractivity contribution < 1.29 is 0 Å². The molecule has 5 aromatic rings. The quantitative estimate of drug-likeness (QED) is 0.183. The fraction of sp³-hybridized carbons (Fsp3) is 0.118. The van der Waals surface area contributed by atoms with Gasteiger partial charge in [0.05, 0.1) is 0 Å². The summed E-state index contributed by atoms with van der Waals surface area (Å²) >= 11 is 3.92. The van der Waals surface area contributed by atoms with Crippen molar-refractivity contribution in [2.75, 3.05) is 4.90 Å². The van der Waals surface area contributed by atoms with Crippen LogP contribution in [0.2, 0.25) is 0 Å². The van der Waals surface area contributed by atoms with Gasteiger partial charge in [-0.05, 0) is 84.3 Å². The number of aryl methyl sites for hydroxylation is 2. The van der Waals surface area contributed by atoms with Gasteiger partial charge in [-0.15, -0.1) is 0 Å². The second-order valence-electron chi connectivity index (χ2n) is 9.00. The van der Waals surface area contributed by atoms with Crippen molar-refractivity contribution in [3.63, 3.8) is 0 Å². The number of hydrogen-bond acceptors (Lipinski definition) is 1. The Morgan fingerprint density at radius 2 is 0.833 bits per heavy atom. The molecule has 178 valence electrons. The number of benzene rings is 5. The van der Waals surface area contributed by atoms with Crippen molar-refractivity contribution in [3.05, 3.63) is 160 Å². The van der Waals surface area contributed by atoms with Crippen LogP contribution < -0.4 is 4.90 Å². The Bertz CT molecular complexity index is 1330. The van der Waals surface area contributed by atoms with Crippen LogP contribution in [0.4, 0.5) is 17.1 Å². The predicted octanol–water partition coefficient (Wildman–Crippen LogP) is 9.49. The minimum atomic E-state index is 0.971. The SMILES string of the molecule is Brc1ccc(N(c2ccccc2)c2ccccc2)c(CCc2ccccc2)c1CCc1ccccc1. The molecule has 0 N–H and O–H groups in total. The van der Waals surface area contributed by atoms with Gasteiger partial charge >= 0.3 is 0 Å². The smallest absolute Gasteiger partial charge is 0.0497 e. The molecule has 0 aliphatic carbocycles. The number of halogens is 1. The molecule has 36 heavy (non-hydrogen) atoms. The van der Waals surface area contributed by atoms with E-state index in [1.54, 1.807) is 0 Å². The summed E-state index contributed by atoms with van der Waals surface area (Å²) in [4.78, 5) is 2.40. The second-order valence-corrected chi connectivity index (χ2v) is 9.86. The minimum absolute atomic E-state index is 0.971. The molecule has 0 saturated heterocycles. The highest BCUT2D eigenvalue weighted by Crippen LogP contribution is 2.40. The van der Waals surface area contributed by atoms with E-state index in [1.165, 1.54) is 43.8 Å². The Morgan fingerprint density at radius 1 is 0.417 bits per heavy atom. The Morgan fingerprint density at radius 3 is 1.31 bits per heavy atom. The molecule has 0 amide bonds. The molecule has 1 nitrogen and oxygen atoms in total. The van der Waals surface area contributed by atoms with Crippen LogP contribution in [-0.4, -0.2) is 0 Å². The van der Waals surface area contributed by atoms with Crippen LogP contribution in [0.1, 0.15) is 22.3 Å². The minimum Gasteiger partial charge on any atom is -0.310 e. The first kappa shape index (κ1) is 24.1. The average Bonchev–Trinajstić information content (AvgIpc) is 2.95. The summed E-state index contributed by atoms with van der Waals surface area (Å²) in [5.74, 6) is 0. The summed E-state index contributed by atoms with van der Waals surface area (Å²) in [6.07, 6.45) is 3.97. The zero-order chi connectivity index (χ0) is 24.6. The van der Waals surface area contributed by atoms with Gasteiger partial charge in [-0.3, -0.25) is 0 Å². The third-order valence-electron chi connectivity index (χ3n) is 6.63. The Hall–Kier alpha value is -3.62. The van der Waals surface area contributed by atoms with E-state index in [2.05, 4.69) is 154 Å². The fourth-order valence-corrected chi connectivity index (χ4v) is 5.39. The van der Waals surface area contributed by atoms with E-state index in [1.807, 2.05) is 0 Å². The van der Waals surface area contributed by atoms with Crippen molar-refractivity contribution in [1.82, 2.24) is 0 Å². The molecule has 0 aliphatic rings. The van der Waals surface area contributed by atoms with Gasteiger partial charge in [0.15, 0.2) is 0 Å². The molecule has 0 saturated carbocycles. The summed E-state index contributed by atoms with van der Waals surface area (Å²) in [6, 6.07) is 47.5. The van der Waals surface area contributed by atoms with Crippen LogP contribution in [0.3, 0.4) is 0 Å². The highest BCUT2D eigenvalue weighted by Gasteiger charge is 2.20. The molecule has 0 aromatic heterocycles. The number of anilines is 3. The van der Waals surface area contributed by atoms with Gasteiger partial charge in [0.2, 0.25) is 0 Å². The van der Waals surface area contributed by atoms with Crippen molar-refractivity contribution in [1.29, 1.82) is 0 Å². The third kappa shape index (κ3) is 5.78. The standard InChI is InChI=1S/C34H30BrN/c35-33-25-26-34(36(29-17-9-3-10-18-29)30-19-11-4-12-20-30)32(24-22-28-15-7-2-8-16-28)31(33)23-21-27-13-5-1-6-14-27/h1-20,25-26H,21-24H2. The molecule has 0 unspecified atom stereocenters. The van der Waals surface area contributed by atoms with Crippen LogP contribution in [0.5, 0.6) is 0 Å². The summed E-state index contributed by atoms with van der Waals surface area (Å²) in [7, 11) is 0. The normalized spacial score (nSPS) is 10.8. The van der Waals surface area contributed by atoms with E-state index < -0.39 is 0 Å². The van der Waals surface area contributed by atoms with Crippen molar-refractivity contribution in [2.45, 2.75) is 25.7 Å². The maximum Gasteiger partial charge on any atom is 0.0497 e. The van der Waals surface area contributed by atoms with Crippen molar-refractivity contribution in [2.24, 2.45) is 0 Å². The Balaban J connectivity index is 1.61. The Labute approximate surface area is 223 Å². The van der Waals surface area contributed by atoms with Gasteiger partial charge in [0, 0.05) is 21.5 Å². The van der Waals surface area contributed by atoms with Crippen molar-refractivity contribution in [3.8, 4) is 0 Å². The van der Waals surface area contributed by atoms with Gasteiger partial charge in [0.25, 0.3) is 0 Å². The van der Waals surface area contributed by atoms with Crippen LogP contribution in [0.15, 0.2) is 138 Å². The predicted molar refractivity (Wildman–Crippen MR) is 157 cm³/mol. The first-order valence-electron chi connectivity index (χ1n) is 12.6. The van der Waals surface area contributed by atoms with Crippen LogP contribution in [-0.2, 0) is 25.7 Å². The Kier molecular flexibility index (Phi) is 7.95. The van der Waals surface area contributed by atoms with Crippen molar-refractivity contribution >= 4 is 33.0 Å². The number of rotatable bonds is 9. The summed E-state index contributed by atoms with van der Waals surface area (Å²) < 4.78 is 1.19. The first-order valence-corrected chi connectivity index (χ1v) is 13.4. The topological polar surface area (TPSA) is 3.24 Å². The molecule has 2 heteroatoms. The highest BCUT2D eigenvalue weighted by atomic mass is 79.9. The van der Waals surface area contributed by atoms with E-state index in [4.69, 9.17) is 0 Å². The number of nitrogens with zero attached hydrogens (tertiary/aromatic N) is 1. The fourth-order valence-electron chi connectivity index (χ4n) is 4.82. The van der Waals surface area contributed by atoms with Crippen LogP contribution >= 0.6 is 15.9 Å². The lowest BCUT2D eigenvalue weighted by Crippen LogP contribution is -2.14. The molecule has 5 rings (SSSR count). The van der Waals surface area contributed by atoms with Gasteiger partial charge in [-0.2, -0.15) is 0 Å². The maximum atomic E-state index is 3.92. The van der Waals surface area contributed by atoms with Gasteiger partial charge in [-0.25, -0.2) is 0 Å². The summed E-state index contributed by atoms with van der Waals surface area (Å²) in [6.45, 7) is 0. The molecule has 0 fully saturated rings. The molecule has 5 aromatic carbocycles. The maximum absolute atomic E-state index is 3.92. The zero-order valence-electron chi connectivity index (χ0n) is 20.4. The second kappa shape index (κ2) is 11.9. The van der Waals surface area contributed by atoms with E-state index in [-0.39, 0.29) is 0 Å². The highest BCUT2D eigenvalue weighted by molar-refractivity contribution is 9.10. The molecule has 0 aliphatic heterocycles. The van der Waals surface area contributed by atoms with E-state index in [9.17, 15) is 0 Å². The molecule has 0 bridgehead atoms. The zero-order valence-corrected chi connectivity index (χ0v) is 21.9. The lowest BCUT2D eigenvalue weighted by molar-refractivity contribution is 0.887. The molecule has 0 radical (unpaired) electrons. The lowest BCUT2D eigenvalue weighted by atomic mass is 9.93. The molecule has 0 heterocycles. The van der Waals surface area contributed by atoms with Crippen LogP contribution in [0.25, 0.3) is 0 Å². The van der Waals surface area contributed by atoms with Gasteiger partial charge in [0.1, 0.15) is 0 Å². The molecule has 0 spiro atoms. The summed E-state index contributed by atoms with van der Waals surface area (Å²) in [5.41, 5.74) is 9.10. The molecule has 0 atom stereocenters. The molecular weight excluding hydrogens is 502 g/mol. The van der Waals surface area contributed by atoms with Crippen LogP contribution in [0, 0.1) is 0 Å². The van der Waals surface area contributed by atoms with E-state index in [0.29, 0.717) is 0 Å². The lowest BCUT2D eigenvalue weighted by Gasteiger charge is -2.29. The first-order chi connectivity index (χ1) is 17.8. The van der Waals surface area contributed by atoms with Gasteiger partial charge in [-0.1, -0.05) is 113 Å². The largest absolute Gasteiger partial charge is 0.310 e. The summed E-state index contributed by atoms with van der Waals surface area (Å²) in [5, 5.41) is 0. The number of hydrogen-bond donors (Lipinski definition) is 0. The average molecular weight is 533 g/mol. The van der Waals surface area contributed by atoms with E-state index >= 15 is 0 Å². The molecular formula is C34H30BrN. The van der Waals surface area contributed by atoms with E-state index in [0.717, 1.165) is 25.7 Å². The third-order valence-corrected chi connectivity index (χ3v) is 7.37.